The second-order valence-corrected chi connectivity index (χ2v) is 8.02. The summed E-state index contributed by atoms with van der Waals surface area (Å²) in [5.41, 5.74) is 9.34. The number of nitrogens with one attached hydrogen (secondary N) is 1. The molecule has 0 atom stereocenters. The van der Waals surface area contributed by atoms with Gasteiger partial charge in [0.1, 0.15) is 5.82 Å². The topological polar surface area (TPSA) is 81.7 Å². The molecule has 5 rings (SSSR count). The standard InChI is InChI=1S/C21H18Cl2N6/c22-14-8-9-16(15(23)10-14)29-19(24)17-18(13-4-2-1-3-5-13)26-21(27-20(17)28-29)25-11-12-6-7-12/h1-5,8-10,12H,6-7,11,24H2,(H,25,27,28). The van der Waals surface area contributed by atoms with E-state index in [2.05, 4.69) is 15.4 Å². The SMILES string of the molecule is Nc1c2c(-c3ccccc3)nc(NCC3CC3)nc2nn1-c1ccc(Cl)cc1Cl. The summed E-state index contributed by atoms with van der Waals surface area (Å²) in [6.45, 7) is 0.860. The maximum Gasteiger partial charge on any atom is 0.225 e. The molecule has 2 aromatic carbocycles. The largest absolute Gasteiger partial charge is 0.383 e. The van der Waals surface area contributed by atoms with E-state index in [1.165, 1.54) is 12.8 Å². The molecule has 8 heteroatoms. The third-order valence-electron chi connectivity index (χ3n) is 5.00. The van der Waals surface area contributed by atoms with Crippen molar-refractivity contribution >= 4 is 46.0 Å². The van der Waals surface area contributed by atoms with Crippen molar-refractivity contribution in [3.05, 3.63) is 58.6 Å². The summed E-state index contributed by atoms with van der Waals surface area (Å²) < 4.78 is 1.59. The molecule has 4 aromatic rings. The van der Waals surface area contributed by atoms with Gasteiger partial charge in [-0.15, -0.1) is 5.10 Å². The molecule has 0 unspecified atom stereocenters. The third-order valence-corrected chi connectivity index (χ3v) is 5.54. The number of nitrogens with two attached hydrogens (primary N) is 1. The van der Waals surface area contributed by atoms with Crippen LogP contribution in [0.1, 0.15) is 12.8 Å². The quantitative estimate of drug-likeness (QED) is 0.460. The van der Waals surface area contributed by atoms with Crippen molar-refractivity contribution < 1.29 is 0 Å². The molecule has 1 saturated carbocycles. The van der Waals surface area contributed by atoms with Crippen LogP contribution in [0.5, 0.6) is 0 Å². The average molecular weight is 425 g/mol. The van der Waals surface area contributed by atoms with E-state index in [-0.39, 0.29) is 0 Å². The van der Waals surface area contributed by atoms with E-state index in [4.69, 9.17) is 33.9 Å². The lowest BCUT2D eigenvalue weighted by Gasteiger charge is -2.08. The minimum atomic E-state index is 0.428. The predicted molar refractivity (Wildman–Crippen MR) is 118 cm³/mol. The number of benzene rings is 2. The Morgan fingerprint density at radius 3 is 2.59 bits per heavy atom. The van der Waals surface area contributed by atoms with Gasteiger partial charge in [0.2, 0.25) is 5.95 Å². The summed E-state index contributed by atoms with van der Waals surface area (Å²) >= 11 is 12.4. The molecule has 0 saturated heterocycles. The number of nitrogens with zero attached hydrogens (tertiary/aromatic N) is 4. The fourth-order valence-corrected chi connectivity index (χ4v) is 3.78. The second kappa shape index (κ2) is 7.21. The number of rotatable bonds is 5. The van der Waals surface area contributed by atoms with Gasteiger partial charge >= 0.3 is 0 Å². The molecule has 29 heavy (non-hydrogen) atoms. The number of fused-ring (bicyclic) bond motifs is 1. The monoisotopic (exact) mass is 424 g/mol. The first-order valence-corrected chi connectivity index (χ1v) is 10.2. The highest BCUT2D eigenvalue weighted by molar-refractivity contribution is 6.35. The van der Waals surface area contributed by atoms with Gasteiger partial charge in [-0.3, -0.25) is 0 Å². The van der Waals surface area contributed by atoms with Gasteiger partial charge in [-0.2, -0.15) is 4.98 Å². The minimum Gasteiger partial charge on any atom is -0.383 e. The lowest BCUT2D eigenvalue weighted by atomic mass is 10.1. The normalized spacial score (nSPS) is 13.7. The number of nitrogen functional groups attached to an aromatic ring is 1. The second-order valence-electron chi connectivity index (χ2n) is 7.18. The van der Waals surface area contributed by atoms with Crippen molar-refractivity contribution in [2.24, 2.45) is 5.92 Å². The fraction of sp³-hybridized carbons (Fsp3) is 0.190. The molecule has 0 spiro atoms. The lowest BCUT2D eigenvalue weighted by molar-refractivity contribution is 0.872. The van der Waals surface area contributed by atoms with Gasteiger partial charge in [0.25, 0.3) is 0 Å². The smallest absolute Gasteiger partial charge is 0.225 e. The molecule has 0 aliphatic heterocycles. The van der Waals surface area contributed by atoms with E-state index >= 15 is 0 Å². The van der Waals surface area contributed by atoms with Crippen molar-refractivity contribution in [3.63, 3.8) is 0 Å². The number of hydrogen-bond donors (Lipinski definition) is 2. The Kier molecular flexibility index (Phi) is 4.53. The van der Waals surface area contributed by atoms with Crippen LogP contribution >= 0.6 is 23.2 Å². The van der Waals surface area contributed by atoms with Crippen LogP contribution in [0.15, 0.2) is 48.5 Å². The highest BCUT2D eigenvalue weighted by atomic mass is 35.5. The van der Waals surface area contributed by atoms with Crippen molar-refractivity contribution in [1.29, 1.82) is 0 Å². The van der Waals surface area contributed by atoms with Crippen LogP contribution in [0.4, 0.5) is 11.8 Å². The number of halogens is 2. The molecule has 146 valence electrons. The summed E-state index contributed by atoms with van der Waals surface area (Å²) in [5.74, 6) is 1.68. The van der Waals surface area contributed by atoms with Crippen molar-refractivity contribution in [3.8, 4) is 16.9 Å². The van der Waals surface area contributed by atoms with E-state index in [1.807, 2.05) is 30.3 Å². The van der Waals surface area contributed by atoms with Crippen LogP contribution in [0, 0.1) is 5.92 Å². The van der Waals surface area contributed by atoms with Gasteiger partial charge in [-0.1, -0.05) is 53.5 Å². The molecule has 0 bridgehead atoms. The summed E-state index contributed by atoms with van der Waals surface area (Å²) in [6.07, 6.45) is 2.49. The maximum atomic E-state index is 6.51. The molecule has 2 aromatic heterocycles. The van der Waals surface area contributed by atoms with Gasteiger partial charge < -0.3 is 11.1 Å². The molecular weight excluding hydrogens is 407 g/mol. The Bertz CT molecular complexity index is 1200. The Hall–Kier alpha value is -2.83. The van der Waals surface area contributed by atoms with E-state index in [1.54, 1.807) is 22.9 Å². The lowest BCUT2D eigenvalue weighted by Crippen LogP contribution is -2.07. The molecule has 0 amide bonds. The minimum absolute atomic E-state index is 0.428. The van der Waals surface area contributed by atoms with Crippen molar-refractivity contribution in [2.75, 3.05) is 17.6 Å². The Morgan fingerprint density at radius 1 is 1.07 bits per heavy atom. The zero-order chi connectivity index (χ0) is 20.0. The number of anilines is 2. The van der Waals surface area contributed by atoms with E-state index in [9.17, 15) is 0 Å². The van der Waals surface area contributed by atoms with Crippen LogP contribution in [-0.4, -0.2) is 26.3 Å². The van der Waals surface area contributed by atoms with E-state index < -0.39 is 0 Å². The Labute approximate surface area is 177 Å². The summed E-state index contributed by atoms with van der Waals surface area (Å²) in [6, 6.07) is 15.1. The number of aromatic nitrogens is 4. The van der Waals surface area contributed by atoms with Crippen LogP contribution in [0.25, 0.3) is 28.0 Å². The average Bonchev–Trinajstić information content (AvgIpc) is 3.50. The van der Waals surface area contributed by atoms with Gasteiger partial charge in [0, 0.05) is 17.1 Å². The van der Waals surface area contributed by atoms with Crippen molar-refractivity contribution in [2.45, 2.75) is 12.8 Å². The first-order valence-electron chi connectivity index (χ1n) is 9.41. The summed E-state index contributed by atoms with van der Waals surface area (Å²) in [7, 11) is 0. The molecular formula is C21H18Cl2N6. The van der Waals surface area contributed by atoms with Crippen LogP contribution in [0.2, 0.25) is 10.0 Å². The molecule has 6 nitrogen and oxygen atoms in total. The van der Waals surface area contributed by atoms with Crippen LogP contribution in [-0.2, 0) is 0 Å². The van der Waals surface area contributed by atoms with E-state index in [0.717, 1.165) is 17.8 Å². The highest BCUT2D eigenvalue weighted by Gasteiger charge is 2.23. The van der Waals surface area contributed by atoms with Gasteiger partial charge in [0.05, 0.1) is 21.8 Å². The Morgan fingerprint density at radius 2 is 1.86 bits per heavy atom. The maximum absolute atomic E-state index is 6.51. The first-order chi connectivity index (χ1) is 14.1. The Balaban J connectivity index is 1.70. The van der Waals surface area contributed by atoms with Gasteiger partial charge in [-0.25, -0.2) is 9.67 Å². The molecule has 1 aliphatic rings. The van der Waals surface area contributed by atoms with Gasteiger partial charge in [-0.05, 0) is 37.0 Å². The van der Waals surface area contributed by atoms with Crippen LogP contribution < -0.4 is 11.1 Å². The molecule has 1 aliphatic carbocycles. The molecule has 0 radical (unpaired) electrons. The molecule has 2 heterocycles. The zero-order valence-corrected chi connectivity index (χ0v) is 17.0. The highest BCUT2D eigenvalue weighted by Crippen LogP contribution is 2.35. The molecule has 3 N–H and O–H groups in total. The summed E-state index contributed by atoms with van der Waals surface area (Å²) in [4.78, 5) is 9.38. The fourth-order valence-electron chi connectivity index (χ4n) is 3.29. The van der Waals surface area contributed by atoms with Crippen LogP contribution in [0.3, 0.4) is 0 Å². The molecule has 1 fully saturated rings. The number of hydrogen-bond acceptors (Lipinski definition) is 5. The van der Waals surface area contributed by atoms with Crippen molar-refractivity contribution in [1.82, 2.24) is 19.7 Å². The first kappa shape index (κ1) is 18.2. The zero-order valence-electron chi connectivity index (χ0n) is 15.4. The third kappa shape index (κ3) is 3.50. The van der Waals surface area contributed by atoms with E-state index in [0.29, 0.717) is 44.5 Å². The van der Waals surface area contributed by atoms with Gasteiger partial charge in [0.15, 0.2) is 5.65 Å². The summed E-state index contributed by atoms with van der Waals surface area (Å²) in [5, 5.41) is 9.67. The predicted octanol–water partition coefficient (Wildman–Crippen LogP) is 5.19.